The van der Waals surface area contributed by atoms with Gasteiger partial charge in [0.05, 0.1) is 18.3 Å². The van der Waals surface area contributed by atoms with Gasteiger partial charge in [-0.25, -0.2) is 4.68 Å². The number of halogens is 1. The number of furan rings is 1. The summed E-state index contributed by atoms with van der Waals surface area (Å²) in [5, 5.41) is 9.57. The SMILES string of the molecule is O=C(Nc1ccnn1Cc1cccc2ccccc12)c1coc(Br)c1. The van der Waals surface area contributed by atoms with Crippen LogP contribution in [0.4, 0.5) is 5.82 Å². The van der Waals surface area contributed by atoms with Crippen molar-refractivity contribution in [3.63, 3.8) is 0 Å². The van der Waals surface area contributed by atoms with Gasteiger partial charge in [-0.1, -0.05) is 42.5 Å². The number of anilines is 1. The van der Waals surface area contributed by atoms with Crippen LogP contribution in [0.1, 0.15) is 15.9 Å². The van der Waals surface area contributed by atoms with Crippen LogP contribution >= 0.6 is 15.9 Å². The van der Waals surface area contributed by atoms with Crippen molar-refractivity contribution in [3.8, 4) is 0 Å². The summed E-state index contributed by atoms with van der Waals surface area (Å²) in [6.07, 6.45) is 3.08. The standard InChI is InChI=1S/C19H14BrN3O2/c20-17-10-15(12-25-17)19(24)22-18-8-9-21-23(18)11-14-6-3-5-13-4-1-2-7-16(13)14/h1-10,12H,11H2,(H,22,24). The third-order valence-corrected chi connectivity index (χ3v) is 4.40. The van der Waals surface area contributed by atoms with Crippen molar-refractivity contribution in [1.82, 2.24) is 9.78 Å². The van der Waals surface area contributed by atoms with Crippen molar-refractivity contribution in [2.45, 2.75) is 6.54 Å². The molecule has 0 atom stereocenters. The minimum Gasteiger partial charge on any atom is -0.457 e. The highest BCUT2D eigenvalue weighted by molar-refractivity contribution is 9.10. The second-order valence-electron chi connectivity index (χ2n) is 5.61. The summed E-state index contributed by atoms with van der Waals surface area (Å²) in [5.74, 6) is 0.393. The minimum absolute atomic E-state index is 0.242. The quantitative estimate of drug-likeness (QED) is 0.544. The summed E-state index contributed by atoms with van der Waals surface area (Å²) in [6.45, 7) is 0.569. The van der Waals surface area contributed by atoms with Crippen LogP contribution in [0.3, 0.4) is 0 Å². The zero-order valence-electron chi connectivity index (χ0n) is 13.1. The van der Waals surface area contributed by atoms with Crippen LogP contribution in [0, 0.1) is 0 Å². The number of fused-ring (bicyclic) bond motifs is 1. The van der Waals surface area contributed by atoms with Crippen LogP contribution in [0.5, 0.6) is 0 Å². The fourth-order valence-electron chi connectivity index (χ4n) is 2.77. The molecular weight excluding hydrogens is 382 g/mol. The van der Waals surface area contributed by atoms with Crippen LogP contribution in [0.2, 0.25) is 0 Å². The van der Waals surface area contributed by atoms with Gasteiger partial charge in [-0.3, -0.25) is 4.79 Å². The van der Waals surface area contributed by atoms with Gasteiger partial charge in [0.2, 0.25) is 0 Å². The number of amides is 1. The van der Waals surface area contributed by atoms with E-state index in [4.69, 9.17) is 4.42 Å². The predicted octanol–water partition coefficient (Wildman–Crippen LogP) is 4.69. The molecule has 0 bridgehead atoms. The van der Waals surface area contributed by atoms with E-state index in [1.54, 1.807) is 23.0 Å². The number of carbonyl (C=O) groups excluding carboxylic acids is 1. The molecule has 124 valence electrons. The second-order valence-corrected chi connectivity index (χ2v) is 6.39. The molecule has 6 heteroatoms. The number of nitrogens with one attached hydrogen (secondary N) is 1. The van der Waals surface area contributed by atoms with Gasteiger partial charge in [0, 0.05) is 12.1 Å². The van der Waals surface area contributed by atoms with E-state index >= 15 is 0 Å². The first kappa shape index (κ1) is 15.7. The second kappa shape index (κ2) is 6.57. The Bertz CT molecular complexity index is 1050. The van der Waals surface area contributed by atoms with Gasteiger partial charge in [-0.05, 0) is 32.3 Å². The lowest BCUT2D eigenvalue weighted by atomic mass is 10.0. The monoisotopic (exact) mass is 395 g/mol. The number of nitrogens with zero attached hydrogens (tertiary/aromatic N) is 2. The maximum atomic E-state index is 12.3. The number of aromatic nitrogens is 2. The predicted molar refractivity (Wildman–Crippen MR) is 99.6 cm³/mol. The van der Waals surface area contributed by atoms with Gasteiger partial charge in [0.25, 0.3) is 5.91 Å². The molecule has 1 N–H and O–H groups in total. The highest BCUT2D eigenvalue weighted by atomic mass is 79.9. The van der Waals surface area contributed by atoms with Crippen LogP contribution in [-0.4, -0.2) is 15.7 Å². The van der Waals surface area contributed by atoms with E-state index in [1.165, 1.54) is 17.0 Å². The van der Waals surface area contributed by atoms with Gasteiger partial charge in [-0.15, -0.1) is 0 Å². The van der Waals surface area contributed by atoms with Gasteiger partial charge >= 0.3 is 0 Å². The highest BCUT2D eigenvalue weighted by Crippen LogP contribution is 2.21. The molecule has 25 heavy (non-hydrogen) atoms. The average molecular weight is 396 g/mol. The number of benzene rings is 2. The van der Waals surface area contributed by atoms with E-state index in [-0.39, 0.29) is 5.91 Å². The Morgan fingerprint density at radius 2 is 2.00 bits per heavy atom. The molecule has 4 rings (SSSR count). The number of hydrogen-bond donors (Lipinski definition) is 1. The molecule has 0 unspecified atom stereocenters. The Balaban J connectivity index is 1.60. The topological polar surface area (TPSA) is 60.1 Å². The van der Waals surface area contributed by atoms with Crippen molar-refractivity contribution < 1.29 is 9.21 Å². The molecule has 0 radical (unpaired) electrons. The molecule has 4 aromatic rings. The van der Waals surface area contributed by atoms with Gasteiger partial charge in [0.15, 0.2) is 4.67 Å². The Labute approximate surface area is 152 Å². The third-order valence-electron chi connectivity index (χ3n) is 3.99. The lowest BCUT2D eigenvalue weighted by Gasteiger charge is -2.10. The van der Waals surface area contributed by atoms with Crippen molar-refractivity contribution >= 4 is 38.4 Å². The van der Waals surface area contributed by atoms with Crippen LogP contribution < -0.4 is 5.32 Å². The fraction of sp³-hybridized carbons (Fsp3) is 0.0526. The van der Waals surface area contributed by atoms with E-state index in [0.717, 1.165) is 5.56 Å². The van der Waals surface area contributed by atoms with E-state index in [0.29, 0.717) is 22.6 Å². The molecule has 0 saturated carbocycles. The zero-order chi connectivity index (χ0) is 17.2. The summed E-state index contributed by atoms with van der Waals surface area (Å²) in [4.78, 5) is 12.3. The Morgan fingerprint density at radius 3 is 2.84 bits per heavy atom. The molecule has 0 aliphatic rings. The first-order valence-corrected chi connectivity index (χ1v) is 8.54. The van der Waals surface area contributed by atoms with E-state index < -0.39 is 0 Å². The number of hydrogen-bond acceptors (Lipinski definition) is 3. The lowest BCUT2D eigenvalue weighted by Crippen LogP contribution is -2.15. The molecule has 0 aliphatic heterocycles. The molecule has 2 aromatic carbocycles. The largest absolute Gasteiger partial charge is 0.457 e. The third kappa shape index (κ3) is 3.21. The van der Waals surface area contributed by atoms with Crippen molar-refractivity contribution in [1.29, 1.82) is 0 Å². The normalized spacial score (nSPS) is 10.9. The first-order valence-electron chi connectivity index (χ1n) is 7.74. The maximum Gasteiger partial charge on any atom is 0.260 e. The molecule has 0 aliphatic carbocycles. The Kier molecular flexibility index (Phi) is 4.11. The molecule has 0 saturated heterocycles. The lowest BCUT2D eigenvalue weighted by molar-refractivity contribution is 0.102. The Morgan fingerprint density at radius 1 is 1.16 bits per heavy atom. The maximum absolute atomic E-state index is 12.3. The van der Waals surface area contributed by atoms with E-state index in [1.807, 2.05) is 18.2 Å². The van der Waals surface area contributed by atoms with Crippen molar-refractivity contribution in [2.24, 2.45) is 0 Å². The van der Waals surface area contributed by atoms with E-state index in [2.05, 4.69) is 50.6 Å². The average Bonchev–Trinajstić information content (AvgIpc) is 3.24. The number of carbonyl (C=O) groups is 1. The molecule has 5 nitrogen and oxygen atoms in total. The minimum atomic E-state index is -0.242. The number of rotatable bonds is 4. The van der Waals surface area contributed by atoms with Gasteiger partial charge < -0.3 is 9.73 Å². The van der Waals surface area contributed by atoms with E-state index in [9.17, 15) is 4.79 Å². The summed E-state index contributed by atoms with van der Waals surface area (Å²) in [5.41, 5.74) is 1.59. The van der Waals surface area contributed by atoms with Crippen LogP contribution in [-0.2, 0) is 6.54 Å². The smallest absolute Gasteiger partial charge is 0.260 e. The molecular formula is C19H14BrN3O2. The molecule has 0 fully saturated rings. The summed E-state index contributed by atoms with van der Waals surface area (Å²) >= 11 is 3.20. The molecule has 2 aromatic heterocycles. The van der Waals surface area contributed by atoms with Gasteiger partial charge in [-0.2, -0.15) is 5.10 Å². The van der Waals surface area contributed by atoms with Crippen molar-refractivity contribution in [3.05, 3.63) is 82.9 Å². The molecule has 2 heterocycles. The molecule has 1 amide bonds. The Hall–Kier alpha value is -2.86. The van der Waals surface area contributed by atoms with Crippen molar-refractivity contribution in [2.75, 3.05) is 5.32 Å². The first-order chi connectivity index (χ1) is 12.2. The molecule has 0 spiro atoms. The summed E-state index contributed by atoms with van der Waals surface area (Å²) in [7, 11) is 0. The highest BCUT2D eigenvalue weighted by Gasteiger charge is 2.13. The van der Waals surface area contributed by atoms with Gasteiger partial charge in [0.1, 0.15) is 12.1 Å². The van der Waals surface area contributed by atoms with Crippen LogP contribution in [0.25, 0.3) is 10.8 Å². The summed E-state index contributed by atoms with van der Waals surface area (Å²) in [6, 6.07) is 17.8. The van der Waals surface area contributed by atoms with Crippen LogP contribution in [0.15, 0.2) is 76.1 Å². The fourth-order valence-corrected chi connectivity index (χ4v) is 3.11. The zero-order valence-corrected chi connectivity index (χ0v) is 14.7. The summed E-state index contributed by atoms with van der Waals surface area (Å²) < 4.78 is 7.40.